The van der Waals surface area contributed by atoms with Crippen LogP contribution in [0.2, 0.25) is 0 Å². The number of ether oxygens (including phenoxy) is 2. The number of hydrogen-bond acceptors (Lipinski definition) is 5. The minimum atomic E-state index is -5.69. The van der Waals surface area contributed by atoms with Crippen LogP contribution < -0.4 is 4.74 Å². The van der Waals surface area contributed by atoms with Crippen LogP contribution in [-0.4, -0.2) is 41.2 Å². The van der Waals surface area contributed by atoms with E-state index in [4.69, 9.17) is 9.47 Å². The Bertz CT molecular complexity index is 1030. The average Bonchev–Trinajstić information content (AvgIpc) is 3.04. The molecule has 0 saturated carbocycles. The SMILES string of the molecule is COc1ccccc1-c1nc(C2CC(C)(C)OC(C)(C)C2)cn1S(=O)(=O)C(F)(F)F. The lowest BCUT2D eigenvalue weighted by Gasteiger charge is -2.45. The predicted molar refractivity (Wildman–Crippen MR) is 106 cm³/mol. The number of methoxy groups -OCH3 is 1. The van der Waals surface area contributed by atoms with Gasteiger partial charge in [0.25, 0.3) is 0 Å². The van der Waals surface area contributed by atoms with Crippen LogP contribution in [0.5, 0.6) is 5.75 Å². The summed E-state index contributed by atoms with van der Waals surface area (Å²) >= 11 is 0. The first-order chi connectivity index (χ1) is 13.7. The van der Waals surface area contributed by atoms with E-state index in [1.54, 1.807) is 12.1 Å². The molecule has 0 N–H and O–H groups in total. The van der Waals surface area contributed by atoms with Gasteiger partial charge in [-0.3, -0.25) is 0 Å². The summed E-state index contributed by atoms with van der Waals surface area (Å²) in [5.74, 6) is -0.385. The van der Waals surface area contributed by atoms with Gasteiger partial charge in [-0.15, -0.1) is 0 Å². The van der Waals surface area contributed by atoms with Crippen LogP contribution in [0.25, 0.3) is 11.4 Å². The Balaban J connectivity index is 2.21. The molecule has 0 unspecified atom stereocenters. The average molecular weight is 446 g/mol. The molecule has 0 amide bonds. The van der Waals surface area contributed by atoms with Crippen molar-refractivity contribution in [3.05, 3.63) is 36.2 Å². The van der Waals surface area contributed by atoms with E-state index in [-0.39, 0.29) is 32.7 Å². The largest absolute Gasteiger partial charge is 0.517 e. The quantitative estimate of drug-likeness (QED) is 0.681. The Hall–Kier alpha value is -2.07. The Kier molecular flexibility index (Phi) is 5.47. The van der Waals surface area contributed by atoms with Crippen molar-refractivity contribution in [3.8, 4) is 17.1 Å². The fourth-order valence-corrected chi connectivity index (χ4v) is 5.02. The number of para-hydroxylation sites is 1. The van der Waals surface area contributed by atoms with Gasteiger partial charge < -0.3 is 9.47 Å². The molecule has 1 aliphatic rings. The van der Waals surface area contributed by atoms with Crippen LogP contribution in [-0.2, 0) is 14.8 Å². The molecular weight excluding hydrogens is 421 g/mol. The second kappa shape index (κ2) is 7.26. The normalized spacial score (nSPS) is 19.6. The number of aromatic nitrogens is 2. The summed E-state index contributed by atoms with van der Waals surface area (Å²) in [6.45, 7) is 7.58. The van der Waals surface area contributed by atoms with Crippen molar-refractivity contribution in [1.29, 1.82) is 0 Å². The molecule has 1 aromatic heterocycles. The fourth-order valence-electron chi connectivity index (χ4n) is 4.18. The van der Waals surface area contributed by atoms with E-state index in [1.165, 1.54) is 19.2 Å². The number of nitrogens with zero attached hydrogens (tertiary/aromatic N) is 2. The maximum absolute atomic E-state index is 13.4. The summed E-state index contributed by atoms with van der Waals surface area (Å²) < 4.78 is 76.4. The number of halogens is 3. The van der Waals surface area contributed by atoms with Gasteiger partial charge in [-0.2, -0.15) is 21.6 Å². The maximum Gasteiger partial charge on any atom is 0.517 e. The van der Waals surface area contributed by atoms with E-state index in [0.29, 0.717) is 12.8 Å². The van der Waals surface area contributed by atoms with Crippen LogP contribution >= 0.6 is 0 Å². The van der Waals surface area contributed by atoms with Gasteiger partial charge in [-0.25, -0.2) is 8.96 Å². The molecule has 1 aliphatic heterocycles. The zero-order valence-electron chi connectivity index (χ0n) is 17.4. The molecule has 0 atom stereocenters. The van der Waals surface area contributed by atoms with Gasteiger partial charge in [0, 0.05) is 12.1 Å². The third-order valence-electron chi connectivity index (χ3n) is 5.04. The van der Waals surface area contributed by atoms with Gasteiger partial charge in [0.05, 0.1) is 29.6 Å². The van der Waals surface area contributed by atoms with E-state index >= 15 is 0 Å². The molecule has 10 heteroatoms. The van der Waals surface area contributed by atoms with Gasteiger partial charge >= 0.3 is 15.5 Å². The van der Waals surface area contributed by atoms with Gasteiger partial charge in [0.15, 0.2) is 5.82 Å². The highest BCUT2D eigenvalue weighted by Crippen LogP contribution is 2.44. The molecule has 2 heterocycles. The maximum atomic E-state index is 13.4. The van der Waals surface area contributed by atoms with Crippen molar-refractivity contribution in [2.45, 2.75) is 63.2 Å². The van der Waals surface area contributed by atoms with E-state index in [9.17, 15) is 21.6 Å². The summed E-state index contributed by atoms with van der Waals surface area (Å²) in [5, 5.41) is 0. The lowest BCUT2D eigenvalue weighted by atomic mass is 9.79. The zero-order chi connectivity index (χ0) is 22.5. The van der Waals surface area contributed by atoms with Gasteiger partial charge in [0.2, 0.25) is 0 Å². The zero-order valence-corrected chi connectivity index (χ0v) is 18.3. The number of benzene rings is 1. The van der Waals surface area contributed by atoms with E-state index in [1.807, 2.05) is 27.7 Å². The van der Waals surface area contributed by atoms with Crippen LogP contribution in [0.4, 0.5) is 13.2 Å². The first-order valence-electron chi connectivity index (χ1n) is 9.41. The van der Waals surface area contributed by atoms with Gasteiger partial charge in [0.1, 0.15) is 5.75 Å². The summed E-state index contributed by atoms with van der Waals surface area (Å²) in [5.41, 5.74) is -6.12. The topological polar surface area (TPSA) is 70.4 Å². The minimum Gasteiger partial charge on any atom is -0.496 e. The molecule has 0 bridgehead atoms. The number of rotatable bonds is 4. The van der Waals surface area contributed by atoms with Crippen LogP contribution in [0.15, 0.2) is 30.5 Å². The van der Waals surface area contributed by atoms with Crippen molar-refractivity contribution in [3.63, 3.8) is 0 Å². The highest BCUT2D eigenvalue weighted by molar-refractivity contribution is 7.90. The van der Waals surface area contributed by atoms with Crippen molar-refractivity contribution >= 4 is 10.0 Å². The second-order valence-corrected chi connectivity index (χ2v) is 10.5. The number of alkyl halides is 3. The first kappa shape index (κ1) is 22.6. The molecular formula is C20H25F3N2O4S. The monoisotopic (exact) mass is 446 g/mol. The van der Waals surface area contributed by atoms with Crippen molar-refractivity contribution in [2.24, 2.45) is 0 Å². The van der Waals surface area contributed by atoms with Crippen molar-refractivity contribution in [2.75, 3.05) is 7.11 Å². The molecule has 1 aromatic carbocycles. The molecule has 166 valence electrons. The molecule has 2 aromatic rings. The first-order valence-corrected chi connectivity index (χ1v) is 10.9. The smallest absolute Gasteiger partial charge is 0.496 e. The van der Waals surface area contributed by atoms with Crippen molar-refractivity contribution in [1.82, 2.24) is 8.96 Å². The molecule has 0 aliphatic carbocycles. The Morgan fingerprint density at radius 1 is 1.13 bits per heavy atom. The summed E-state index contributed by atoms with van der Waals surface area (Å²) in [6, 6.07) is 6.23. The predicted octanol–water partition coefficient (Wildman–Crippen LogP) is 4.71. The Morgan fingerprint density at radius 2 is 1.70 bits per heavy atom. The molecule has 30 heavy (non-hydrogen) atoms. The lowest BCUT2D eigenvalue weighted by Crippen LogP contribution is -2.44. The van der Waals surface area contributed by atoms with Crippen LogP contribution in [0.1, 0.15) is 52.1 Å². The van der Waals surface area contributed by atoms with Crippen LogP contribution in [0, 0.1) is 0 Å². The number of imidazole rings is 1. The minimum absolute atomic E-state index is 0.157. The standard InChI is InChI=1S/C20H25F3N2O4S/c1-18(2)10-13(11-19(3,4)29-18)15-12-25(30(26,27)20(21,22)23)17(24-15)14-8-6-7-9-16(14)28-5/h6-9,12-13H,10-11H2,1-5H3. The molecule has 0 radical (unpaired) electrons. The second-order valence-electron chi connectivity index (χ2n) is 8.66. The van der Waals surface area contributed by atoms with E-state index < -0.39 is 26.7 Å². The third kappa shape index (κ3) is 4.20. The molecule has 3 rings (SSSR count). The summed E-state index contributed by atoms with van der Waals surface area (Å²) in [6.07, 6.45) is 1.96. The third-order valence-corrected chi connectivity index (χ3v) is 6.42. The van der Waals surface area contributed by atoms with Gasteiger partial charge in [-0.1, -0.05) is 12.1 Å². The highest BCUT2D eigenvalue weighted by atomic mass is 32.2. The Morgan fingerprint density at radius 3 is 2.23 bits per heavy atom. The molecule has 1 saturated heterocycles. The van der Waals surface area contributed by atoms with Gasteiger partial charge in [-0.05, 0) is 52.7 Å². The highest BCUT2D eigenvalue weighted by Gasteiger charge is 2.49. The summed E-state index contributed by atoms with van der Waals surface area (Å²) in [4.78, 5) is 4.37. The van der Waals surface area contributed by atoms with Crippen LogP contribution in [0.3, 0.4) is 0 Å². The molecule has 6 nitrogen and oxygen atoms in total. The summed E-state index contributed by atoms with van der Waals surface area (Å²) in [7, 11) is -4.33. The van der Waals surface area contributed by atoms with E-state index in [2.05, 4.69) is 4.98 Å². The lowest BCUT2D eigenvalue weighted by molar-refractivity contribution is -0.162. The molecule has 1 fully saturated rings. The number of hydrogen-bond donors (Lipinski definition) is 0. The fraction of sp³-hybridized carbons (Fsp3) is 0.550. The van der Waals surface area contributed by atoms with E-state index in [0.717, 1.165) is 6.20 Å². The van der Waals surface area contributed by atoms with Crippen molar-refractivity contribution < 1.29 is 31.1 Å². The Labute approximate surface area is 174 Å². The molecule has 0 spiro atoms.